The summed E-state index contributed by atoms with van der Waals surface area (Å²) in [4.78, 5) is 23.6. The first kappa shape index (κ1) is 20.3. The quantitative estimate of drug-likeness (QED) is 0.784. The van der Waals surface area contributed by atoms with E-state index in [9.17, 15) is 9.59 Å². The van der Waals surface area contributed by atoms with Gasteiger partial charge in [-0.25, -0.2) is 9.59 Å². The van der Waals surface area contributed by atoms with Crippen LogP contribution in [-0.2, 0) is 23.1 Å². The number of carbonyl (C=O) groups excluding carboxylic acids is 2. The molecule has 7 nitrogen and oxygen atoms in total. The molecule has 0 spiro atoms. The molecule has 0 radical (unpaired) electrons. The Morgan fingerprint density at radius 2 is 1.96 bits per heavy atom. The van der Waals surface area contributed by atoms with Crippen molar-refractivity contribution in [3.63, 3.8) is 0 Å². The van der Waals surface area contributed by atoms with Crippen LogP contribution in [0.4, 0.5) is 4.79 Å². The van der Waals surface area contributed by atoms with E-state index < -0.39 is 5.60 Å². The number of aryl methyl sites for hydroxylation is 1. The van der Waals surface area contributed by atoms with Crippen molar-refractivity contribution in [3.05, 3.63) is 23.5 Å². The molecule has 0 aliphatic heterocycles. The number of esters is 1. The second-order valence-electron chi connectivity index (χ2n) is 7.92. The van der Waals surface area contributed by atoms with Crippen LogP contribution in [0, 0.1) is 0 Å². The maximum atomic E-state index is 11.9. The second kappa shape index (κ2) is 8.58. The van der Waals surface area contributed by atoms with Gasteiger partial charge in [0.1, 0.15) is 11.3 Å². The molecule has 1 fully saturated rings. The second-order valence-corrected chi connectivity index (χ2v) is 7.92. The molecule has 1 amide bonds. The number of methoxy groups -OCH3 is 1. The van der Waals surface area contributed by atoms with E-state index in [-0.39, 0.29) is 18.1 Å². The summed E-state index contributed by atoms with van der Waals surface area (Å²) < 4.78 is 11.9. The van der Waals surface area contributed by atoms with Gasteiger partial charge in [0.15, 0.2) is 0 Å². The fourth-order valence-electron chi connectivity index (χ4n) is 3.28. The van der Waals surface area contributed by atoms with Crippen LogP contribution in [0.5, 0.6) is 0 Å². The van der Waals surface area contributed by atoms with Gasteiger partial charge in [-0.2, -0.15) is 0 Å². The summed E-state index contributed by atoms with van der Waals surface area (Å²) in [5, 5.41) is 6.50. The number of carbonyl (C=O) groups is 2. The zero-order chi connectivity index (χ0) is 19.3. The molecule has 2 rings (SSSR count). The van der Waals surface area contributed by atoms with Crippen LogP contribution >= 0.6 is 0 Å². The number of nitrogens with zero attached hydrogens (tertiary/aromatic N) is 1. The van der Waals surface area contributed by atoms with Gasteiger partial charge in [0.2, 0.25) is 0 Å². The summed E-state index contributed by atoms with van der Waals surface area (Å²) in [6.45, 7) is 6.26. The third-order valence-corrected chi connectivity index (χ3v) is 4.45. The Morgan fingerprint density at radius 1 is 1.27 bits per heavy atom. The van der Waals surface area contributed by atoms with E-state index in [2.05, 4.69) is 10.6 Å². The van der Waals surface area contributed by atoms with Crippen LogP contribution in [0.25, 0.3) is 0 Å². The zero-order valence-electron chi connectivity index (χ0n) is 16.4. The Kier molecular flexibility index (Phi) is 6.69. The van der Waals surface area contributed by atoms with Gasteiger partial charge in [-0.1, -0.05) is 0 Å². The van der Waals surface area contributed by atoms with Crippen molar-refractivity contribution in [2.45, 2.75) is 70.7 Å². The minimum Gasteiger partial charge on any atom is -0.464 e. The fraction of sp³-hybridized carbons (Fsp3) is 0.684. The maximum Gasteiger partial charge on any atom is 0.407 e. The number of alkyl carbamates (subject to hydrolysis) is 1. The Morgan fingerprint density at radius 3 is 2.62 bits per heavy atom. The number of ether oxygens (including phenoxy) is 2. The number of amides is 1. The molecule has 1 heterocycles. The highest BCUT2D eigenvalue weighted by Gasteiger charge is 2.25. The van der Waals surface area contributed by atoms with Crippen molar-refractivity contribution in [2.75, 3.05) is 7.11 Å². The molecular weight excluding hydrogens is 334 g/mol. The van der Waals surface area contributed by atoms with Gasteiger partial charge in [0, 0.05) is 31.9 Å². The molecule has 1 aromatic heterocycles. The lowest BCUT2D eigenvalue weighted by Gasteiger charge is -2.31. The summed E-state index contributed by atoms with van der Waals surface area (Å²) >= 11 is 0. The molecule has 1 saturated carbocycles. The first-order chi connectivity index (χ1) is 12.2. The average Bonchev–Trinajstić information content (AvgIpc) is 2.91. The molecule has 1 aromatic rings. The van der Waals surface area contributed by atoms with Gasteiger partial charge in [-0.05, 0) is 58.1 Å². The number of aromatic nitrogens is 1. The molecule has 0 unspecified atom stereocenters. The Labute approximate surface area is 155 Å². The van der Waals surface area contributed by atoms with Gasteiger partial charge in [-0.3, -0.25) is 0 Å². The summed E-state index contributed by atoms with van der Waals surface area (Å²) in [5.74, 6) is -0.335. The Hall–Kier alpha value is -2.02. The van der Waals surface area contributed by atoms with Crippen molar-refractivity contribution >= 4 is 12.1 Å². The lowest BCUT2D eigenvalue weighted by molar-refractivity contribution is 0.0487. The number of nitrogens with one attached hydrogen (secondary N) is 2. The van der Waals surface area contributed by atoms with Gasteiger partial charge in [-0.15, -0.1) is 0 Å². The minimum absolute atomic E-state index is 0.123. The first-order valence-electron chi connectivity index (χ1n) is 9.14. The van der Waals surface area contributed by atoms with Crippen LogP contribution in [0.2, 0.25) is 0 Å². The summed E-state index contributed by atoms with van der Waals surface area (Å²) in [5.41, 5.74) is 1.09. The van der Waals surface area contributed by atoms with Crippen molar-refractivity contribution < 1.29 is 19.1 Å². The van der Waals surface area contributed by atoms with Crippen LogP contribution in [0.15, 0.2) is 12.3 Å². The SMILES string of the molecule is COC(=O)c1cc(CN[C@@H]2CCC[C@@H](NC(=O)OC(C)(C)C)C2)cn1C. The van der Waals surface area contributed by atoms with Crippen molar-refractivity contribution in [1.29, 1.82) is 0 Å². The number of rotatable bonds is 5. The van der Waals surface area contributed by atoms with E-state index >= 15 is 0 Å². The van der Waals surface area contributed by atoms with Gasteiger partial charge < -0.3 is 24.7 Å². The van der Waals surface area contributed by atoms with E-state index in [1.54, 1.807) is 4.57 Å². The smallest absolute Gasteiger partial charge is 0.407 e. The van der Waals surface area contributed by atoms with Crippen molar-refractivity contribution in [1.82, 2.24) is 15.2 Å². The molecule has 0 aromatic carbocycles. The van der Waals surface area contributed by atoms with E-state index in [1.165, 1.54) is 7.11 Å². The summed E-state index contributed by atoms with van der Waals surface area (Å²) in [7, 11) is 3.21. The first-order valence-corrected chi connectivity index (χ1v) is 9.14. The molecule has 2 N–H and O–H groups in total. The highest BCUT2D eigenvalue weighted by Crippen LogP contribution is 2.20. The van der Waals surface area contributed by atoms with Gasteiger partial charge >= 0.3 is 12.1 Å². The van der Waals surface area contributed by atoms with Crippen LogP contribution < -0.4 is 10.6 Å². The molecule has 1 aliphatic rings. The lowest BCUT2D eigenvalue weighted by atomic mass is 9.91. The molecule has 1 aliphatic carbocycles. The summed E-state index contributed by atoms with van der Waals surface area (Å²) in [6, 6.07) is 2.29. The van der Waals surface area contributed by atoms with Crippen LogP contribution in [-0.4, -0.2) is 41.4 Å². The standard InChI is InChI=1S/C19H31N3O4/c1-19(2,3)26-18(24)21-15-8-6-7-14(10-15)20-11-13-9-16(17(23)25-5)22(4)12-13/h9,12,14-15,20H,6-8,10-11H2,1-5H3,(H,21,24)/t14-,15-/m1/s1. The molecule has 2 atom stereocenters. The monoisotopic (exact) mass is 365 g/mol. The van der Waals surface area contributed by atoms with E-state index in [0.29, 0.717) is 18.3 Å². The maximum absolute atomic E-state index is 11.9. The highest BCUT2D eigenvalue weighted by molar-refractivity contribution is 5.87. The van der Waals surface area contributed by atoms with E-state index in [1.807, 2.05) is 40.1 Å². The van der Waals surface area contributed by atoms with E-state index in [4.69, 9.17) is 9.47 Å². The topological polar surface area (TPSA) is 81.6 Å². The molecule has 0 saturated heterocycles. The average molecular weight is 365 g/mol. The fourth-order valence-corrected chi connectivity index (χ4v) is 3.28. The normalized spacial score (nSPS) is 20.5. The third kappa shape index (κ3) is 6.05. The number of hydrogen-bond donors (Lipinski definition) is 2. The Bertz CT molecular complexity index is 633. The van der Waals surface area contributed by atoms with Crippen molar-refractivity contribution in [3.8, 4) is 0 Å². The predicted octanol–water partition coefficient (Wildman–Crippen LogP) is 2.74. The third-order valence-electron chi connectivity index (χ3n) is 4.45. The predicted molar refractivity (Wildman–Crippen MR) is 99.0 cm³/mol. The largest absolute Gasteiger partial charge is 0.464 e. The Balaban J connectivity index is 1.83. The minimum atomic E-state index is -0.485. The molecule has 7 heteroatoms. The number of hydrogen-bond acceptors (Lipinski definition) is 5. The lowest BCUT2D eigenvalue weighted by Crippen LogP contribution is -2.45. The van der Waals surface area contributed by atoms with Crippen LogP contribution in [0.3, 0.4) is 0 Å². The van der Waals surface area contributed by atoms with Gasteiger partial charge in [0.25, 0.3) is 0 Å². The van der Waals surface area contributed by atoms with E-state index in [0.717, 1.165) is 31.2 Å². The molecular formula is C19H31N3O4. The molecule has 0 bridgehead atoms. The van der Waals surface area contributed by atoms with Crippen molar-refractivity contribution in [2.24, 2.45) is 7.05 Å². The summed E-state index contributed by atoms with van der Waals surface area (Å²) in [6.07, 6.45) is 5.54. The molecule has 146 valence electrons. The zero-order valence-corrected chi connectivity index (χ0v) is 16.4. The van der Waals surface area contributed by atoms with Gasteiger partial charge in [0.05, 0.1) is 7.11 Å². The van der Waals surface area contributed by atoms with Crippen LogP contribution in [0.1, 0.15) is 62.5 Å². The highest BCUT2D eigenvalue weighted by atomic mass is 16.6. The molecule has 26 heavy (non-hydrogen) atoms.